The van der Waals surface area contributed by atoms with Crippen molar-refractivity contribution in [2.45, 2.75) is 30.0 Å². The first-order valence-electron chi connectivity index (χ1n) is 6.53. The van der Waals surface area contributed by atoms with E-state index in [2.05, 4.69) is 0 Å². The molecule has 1 unspecified atom stereocenters. The van der Waals surface area contributed by atoms with Crippen LogP contribution in [0.2, 0.25) is 0 Å². The van der Waals surface area contributed by atoms with Crippen LogP contribution in [0.5, 0.6) is 0 Å². The summed E-state index contributed by atoms with van der Waals surface area (Å²) in [6, 6.07) is 1.41. The average molecular weight is 356 g/mol. The van der Waals surface area contributed by atoms with Crippen LogP contribution in [0.1, 0.15) is 17.4 Å². The number of rotatable bonds is 9. The zero-order valence-corrected chi connectivity index (χ0v) is 15.1. The van der Waals surface area contributed by atoms with Crippen molar-refractivity contribution in [3.05, 3.63) is 16.5 Å². The molecule has 0 saturated carbocycles. The third-order valence-electron chi connectivity index (χ3n) is 3.10. The van der Waals surface area contributed by atoms with Crippen molar-refractivity contribution in [2.24, 2.45) is 0 Å². The van der Waals surface area contributed by atoms with Gasteiger partial charge in [-0.15, -0.1) is 22.9 Å². The van der Waals surface area contributed by atoms with Crippen LogP contribution < -0.4 is 0 Å². The second kappa shape index (κ2) is 8.45. The third kappa shape index (κ3) is 4.64. The van der Waals surface area contributed by atoms with E-state index in [1.807, 2.05) is 13.8 Å². The Labute approximate surface area is 135 Å². The lowest BCUT2D eigenvalue weighted by Gasteiger charge is -2.27. The van der Waals surface area contributed by atoms with E-state index in [0.717, 1.165) is 10.4 Å². The highest BCUT2D eigenvalue weighted by molar-refractivity contribution is 7.91. The summed E-state index contributed by atoms with van der Waals surface area (Å²) < 4.78 is 37.5. The zero-order valence-electron chi connectivity index (χ0n) is 12.8. The molecular weight excluding hydrogens is 334 g/mol. The van der Waals surface area contributed by atoms with Crippen LogP contribution in [0.4, 0.5) is 0 Å². The van der Waals surface area contributed by atoms with Crippen molar-refractivity contribution < 1.29 is 17.9 Å². The molecular formula is C13H22ClNO4S2. The molecule has 0 amide bonds. The lowest BCUT2D eigenvalue weighted by Crippen LogP contribution is -2.42. The van der Waals surface area contributed by atoms with Crippen LogP contribution in [0.3, 0.4) is 0 Å². The monoisotopic (exact) mass is 355 g/mol. The number of ether oxygens (including phenoxy) is 2. The molecule has 0 saturated heterocycles. The van der Waals surface area contributed by atoms with Crippen molar-refractivity contribution in [3.63, 3.8) is 0 Å². The van der Waals surface area contributed by atoms with Gasteiger partial charge in [0.1, 0.15) is 4.21 Å². The highest BCUT2D eigenvalue weighted by Crippen LogP contribution is 2.30. The van der Waals surface area contributed by atoms with E-state index in [4.69, 9.17) is 21.1 Å². The standard InChI is InChI=1S/C13H22ClNO4S2/c1-10-7-13(20-12(10)8-14)21(16,17)15(5-6-18-3)11(2)9-19-4/h7,11H,5-6,8-9H2,1-4H3. The molecule has 1 aromatic heterocycles. The van der Waals surface area contributed by atoms with E-state index < -0.39 is 10.0 Å². The number of alkyl halides is 1. The lowest BCUT2D eigenvalue weighted by atomic mass is 10.3. The molecule has 0 bridgehead atoms. The summed E-state index contributed by atoms with van der Waals surface area (Å²) in [6.45, 7) is 4.64. The van der Waals surface area contributed by atoms with Crippen molar-refractivity contribution in [1.29, 1.82) is 0 Å². The SMILES string of the molecule is COCCN(C(C)COC)S(=O)(=O)c1cc(C)c(CCl)s1. The number of methoxy groups -OCH3 is 2. The first-order valence-corrected chi connectivity index (χ1v) is 9.32. The molecule has 1 heterocycles. The van der Waals surface area contributed by atoms with Crippen LogP contribution in [-0.4, -0.2) is 52.7 Å². The number of hydrogen-bond acceptors (Lipinski definition) is 5. The van der Waals surface area contributed by atoms with Gasteiger partial charge in [-0.05, 0) is 25.5 Å². The van der Waals surface area contributed by atoms with Crippen LogP contribution in [0.15, 0.2) is 10.3 Å². The number of thiophene rings is 1. The molecule has 1 aromatic rings. The van der Waals surface area contributed by atoms with Crippen LogP contribution in [0, 0.1) is 6.92 Å². The van der Waals surface area contributed by atoms with Gasteiger partial charge in [0.2, 0.25) is 0 Å². The smallest absolute Gasteiger partial charge is 0.252 e. The molecule has 0 aliphatic carbocycles. The van der Waals surface area contributed by atoms with Gasteiger partial charge in [0, 0.05) is 31.7 Å². The largest absolute Gasteiger partial charge is 0.383 e. The van der Waals surface area contributed by atoms with Gasteiger partial charge in [0.05, 0.1) is 19.1 Å². The predicted octanol–water partition coefficient (Wildman–Crippen LogP) is 2.47. The molecule has 0 aliphatic heterocycles. The van der Waals surface area contributed by atoms with Gasteiger partial charge in [0.15, 0.2) is 0 Å². The van der Waals surface area contributed by atoms with Gasteiger partial charge in [-0.3, -0.25) is 0 Å². The fourth-order valence-corrected chi connectivity index (χ4v) is 5.49. The minimum Gasteiger partial charge on any atom is -0.383 e. The summed E-state index contributed by atoms with van der Waals surface area (Å²) >= 11 is 7.05. The lowest BCUT2D eigenvalue weighted by molar-refractivity contribution is 0.119. The fraction of sp³-hybridized carbons (Fsp3) is 0.692. The first kappa shape index (κ1) is 18.9. The van der Waals surface area contributed by atoms with E-state index in [0.29, 0.717) is 23.3 Å². The summed E-state index contributed by atoms with van der Waals surface area (Å²) in [5.74, 6) is 0.317. The number of sulfonamides is 1. The molecule has 0 aliphatic rings. The minimum atomic E-state index is -3.57. The van der Waals surface area contributed by atoms with Crippen molar-refractivity contribution in [2.75, 3.05) is 34.0 Å². The molecule has 21 heavy (non-hydrogen) atoms. The summed E-state index contributed by atoms with van der Waals surface area (Å²) in [7, 11) is -0.471. The Morgan fingerprint density at radius 1 is 1.38 bits per heavy atom. The van der Waals surface area contributed by atoms with Gasteiger partial charge >= 0.3 is 0 Å². The van der Waals surface area contributed by atoms with Gasteiger partial charge < -0.3 is 9.47 Å². The van der Waals surface area contributed by atoms with Gasteiger partial charge in [-0.1, -0.05) is 0 Å². The normalized spacial score (nSPS) is 13.8. The molecule has 0 fully saturated rings. The highest BCUT2D eigenvalue weighted by Gasteiger charge is 2.30. The molecule has 0 radical (unpaired) electrons. The zero-order chi connectivity index (χ0) is 16.0. The summed E-state index contributed by atoms with van der Waals surface area (Å²) in [5, 5.41) is 0. The van der Waals surface area contributed by atoms with E-state index in [1.54, 1.807) is 20.3 Å². The Morgan fingerprint density at radius 2 is 2.05 bits per heavy atom. The van der Waals surface area contributed by atoms with Crippen LogP contribution >= 0.6 is 22.9 Å². The maximum Gasteiger partial charge on any atom is 0.252 e. The molecule has 0 aromatic carbocycles. The summed E-state index contributed by atoms with van der Waals surface area (Å²) in [6.07, 6.45) is 0. The van der Waals surface area contributed by atoms with Crippen molar-refractivity contribution >= 4 is 33.0 Å². The average Bonchev–Trinajstić information content (AvgIpc) is 2.81. The Bertz CT molecular complexity index is 544. The molecule has 0 N–H and O–H groups in total. The maximum atomic E-state index is 12.8. The van der Waals surface area contributed by atoms with Crippen LogP contribution in [0.25, 0.3) is 0 Å². The predicted molar refractivity (Wildman–Crippen MR) is 85.7 cm³/mol. The summed E-state index contributed by atoms with van der Waals surface area (Å²) in [5.41, 5.74) is 0.902. The Kier molecular flexibility index (Phi) is 7.59. The van der Waals surface area contributed by atoms with Crippen LogP contribution in [-0.2, 0) is 25.4 Å². The Morgan fingerprint density at radius 3 is 2.52 bits per heavy atom. The third-order valence-corrected chi connectivity index (χ3v) is 7.22. The van der Waals surface area contributed by atoms with E-state index >= 15 is 0 Å². The fourth-order valence-electron chi connectivity index (χ4n) is 1.95. The second-order valence-corrected chi connectivity index (χ2v) is 8.24. The van der Waals surface area contributed by atoms with Gasteiger partial charge in [-0.25, -0.2) is 8.42 Å². The van der Waals surface area contributed by atoms with E-state index in [9.17, 15) is 8.42 Å². The van der Waals surface area contributed by atoms with E-state index in [1.165, 1.54) is 15.6 Å². The molecule has 122 valence electrons. The van der Waals surface area contributed by atoms with Crippen molar-refractivity contribution in [3.8, 4) is 0 Å². The molecule has 0 spiro atoms. The number of hydrogen-bond donors (Lipinski definition) is 0. The minimum absolute atomic E-state index is 0.267. The van der Waals surface area contributed by atoms with Gasteiger partial charge in [-0.2, -0.15) is 4.31 Å². The Hall–Kier alpha value is -0.180. The maximum absolute atomic E-state index is 12.8. The molecule has 8 heteroatoms. The topological polar surface area (TPSA) is 55.8 Å². The Balaban J connectivity index is 3.12. The summed E-state index contributed by atoms with van der Waals surface area (Å²) in [4.78, 5) is 0.876. The number of halogens is 1. The molecule has 1 atom stereocenters. The van der Waals surface area contributed by atoms with E-state index in [-0.39, 0.29) is 12.6 Å². The molecule has 5 nitrogen and oxygen atoms in total. The van der Waals surface area contributed by atoms with Gasteiger partial charge in [0.25, 0.3) is 10.0 Å². The highest BCUT2D eigenvalue weighted by atomic mass is 35.5. The molecule has 1 rings (SSSR count). The first-order chi connectivity index (χ1) is 9.88. The number of aryl methyl sites for hydroxylation is 1. The number of nitrogens with zero attached hydrogens (tertiary/aromatic N) is 1. The second-order valence-electron chi connectivity index (χ2n) is 4.72. The quantitative estimate of drug-likeness (QED) is 0.638. The van der Waals surface area contributed by atoms with Crippen molar-refractivity contribution in [1.82, 2.24) is 4.31 Å².